The molecule has 0 radical (unpaired) electrons. The van der Waals surface area contributed by atoms with Crippen LogP contribution in [0.1, 0.15) is 98.3 Å². The number of carbonyl (C=O) groups excluding carboxylic acids is 1. The molecular weight excluding hydrogens is 421 g/mol. The number of hydrogen-bond donors (Lipinski definition) is 0. The van der Waals surface area contributed by atoms with Crippen LogP contribution in [0.2, 0.25) is 0 Å². The van der Waals surface area contributed by atoms with Crippen LogP contribution in [0.3, 0.4) is 0 Å². The molecule has 4 rings (SSSR count). The lowest BCUT2D eigenvalue weighted by Gasteiger charge is -2.61. The summed E-state index contributed by atoms with van der Waals surface area (Å²) in [5, 5.41) is 0. The fourth-order valence-electron chi connectivity index (χ4n) is 9.97. The van der Waals surface area contributed by atoms with Crippen molar-refractivity contribution < 1.29 is 18.0 Å². The van der Waals surface area contributed by atoms with Gasteiger partial charge in [-0.25, -0.2) is 13.2 Å². The van der Waals surface area contributed by atoms with Crippen molar-refractivity contribution in [1.82, 2.24) is 0 Å². The molecule has 4 aliphatic rings. The Kier molecular flexibility index (Phi) is 7.35. The molecule has 33 heavy (non-hydrogen) atoms. The van der Waals surface area contributed by atoms with Gasteiger partial charge in [-0.3, -0.25) is 4.79 Å². The molecule has 0 N–H and O–H groups in total. The number of halogens is 3. The van der Waals surface area contributed by atoms with Gasteiger partial charge in [0.15, 0.2) is 0 Å². The first kappa shape index (κ1) is 25.5. The molecule has 9 atom stereocenters. The maximum Gasteiger partial charge on any atom is 0.150 e. The minimum Gasteiger partial charge on any atom is -0.298 e. The standard InChI is InChI=1S/C29H47F3O/c1-5-21(26(33)29(16-30,17-31)18-32)19(2)23-11-12-24-22-10-9-20-8-6-7-14-27(20,3)25(22)13-15-28(23,24)4/h19-25H,5-18H2,1-4H3/t19?,20?,21?,22-,23+,24-,25-,27-,28+/m0/s1. The minimum absolute atomic E-state index is 0.0414. The SMILES string of the molecule is CCC(C(=O)C(CF)(CF)CF)C(C)[C@H]1CC[C@H]2[C@@H]3CCC4CCCC[C@]4(C)[C@H]3CC[C@]12C. The zero-order valence-electron chi connectivity index (χ0n) is 21.5. The molecule has 0 saturated heterocycles. The van der Waals surface area contributed by atoms with E-state index in [4.69, 9.17) is 0 Å². The van der Waals surface area contributed by atoms with Crippen LogP contribution in [0.5, 0.6) is 0 Å². The Bertz CT molecular complexity index is 697. The molecule has 190 valence electrons. The third kappa shape index (κ3) is 3.83. The number of hydrogen-bond acceptors (Lipinski definition) is 1. The highest BCUT2D eigenvalue weighted by Gasteiger charge is 2.61. The maximum absolute atomic E-state index is 13.7. The van der Waals surface area contributed by atoms with E-state index in [9.17, 15) is 18.0 Å². The molecule has 0 aromatic rings. The van der Waals surface area contributed by atoms with Gasteiger partial charge in [0.25, 0.3) is 0 Å². The second kappa shape index (κ2) is 9.49. The summed E-state index contributed by atoms with van der Waals surface area (Å²) in [6.07, 6.45) is 13.7. The van der Waals surface area contributed by atoms with E-state index in [1.54, 1.807) is 0 Å². The lowest BCUT2D eigenvalue weighted by atomic mass is 9.44. The molecule has 1 nitrogen and oxygen atoms in total. The van der Waals surface area contributed by atoms with E-state index in [1.807, 2.05) is 6.92 Å². The second-order valence-corrected chi connectivity index (χ2v) is 13.1. The number of rotatable bonds is 8. The Morgan fingerprint density at radius 3 is 2.18 bits per heavy atom. The maximum atomic E-state index is 13.7. The monoisotopic (exact) mass is 468 g/mol. The molecule has 0 amide bonds. The largest absolute Gasteiger partial charge is 0.298 e. The molecular formula is C29H47F3O. The topological polar surface area (TPSA) is 17.1 Å². The van der Waals surface area contributed by atoms with Crippen molar-refractivity contribution in [1.29, 1.82) is 0 Å². The van der Waals surface area contributed by atoms with Crippen LogP contribution in [0, 0.1) is 57.7 Å². The van der Waals surface area contributed by atoms with E-state index < -0.39 is 37.1 Å². The fraction of sp³-hybridized carbons (Fsp3) is 0.966. The van der Waals surface area contributed by atoms with Crippen molar-refractivity contribution in [2.75, 3.05) is 20.0 Å². The number of fused-ring (bicyclic) bond motifs is 5. The van der Waals surface area contributed by atoms with Crippen LogP contribution in [-0.4, -0.2) is 25.8 Å². The van der Waals surface area contributed by atoms with Crippen molar-refractivity contribution in [2.24, 2.45) is 57.7 Å². The lowest BCUT2D eigenvalue weighted by Crippen LogP contribution is -2.53. The quantitative estimate of drug-likeness (QED) is 0.351. The van der Waals surface area contributed by atoms with Crippen molar-refractivity contribution in [3.8, 4) is 0 Å². The van der Waals surface area contributed by atoms with Crippen molar-refractivity contribution in [2.45, 2.75) is 98.3 Å². The Hall–Kier alpha value is -0.540. The van der Waals surface area contributed by atoms with Crippen LogP contribution in [0.25, 0.3) is 0 Å². The Morgan fingerprint density at radius 2 is 1.55 bits per heavy atom. The molecule has 4 saturated carbocycles. The molecule has 0 aromatic heterocycles. The minimum atomic E-state index is -2.08. The predicted molar refractivity (Wildman–Crippen MR) is 128 cm³/mol. The summed E-state index contributed by atoms with van der Waals surface area (Å²) in [5.74, 6) is 2.68. The van der Waals surface area contributed by atoms with Gasteiger partial charge in [-0.1, -0.05) is 40.5 Å². The van der Waals surface area contributed by atoms with Gasteiger partial charge in [-0.15, -0.1) is 0 Å². The van der Waals surface area contributed by atoms with Crippen LogP contribution in [0.4, 0.5) is 13.2 Å². The first-order valence-electron chi connectivity index (χ1n) is 13.9. The molecule has 0 aliphatic heterocycles. The smallest absolute Gasteiger partial charge is 0.150 e. The van der Waals surface area contributed by atoms with Crippen molar-refractivity contribution >= 4 is 5.78 Å². The first-order valence-corrected chi connectivity index (χ1v) is 13.9. The van der Waals surface area contributed by atoms with E-state index in [-0.39, 0.29) is 11.3 Å². The Morgan fingerprint density at radius 1 is 0.879 bits per heavy atom. The van der Waals surface area contributed by atoms with Gasteiger partial charge in [0.05, 0.1) is 0 Å². The van der Waals surface area contributed by atoms with E-state index in [0.29, 0.717) is 23.7 Å². The van der Waals surface area contributed by atoms with Crippen molar-refractivity contribution in [3.63, 3.8) is 0 Å². The summed E-state index contributed by atoms with van der Waals surface area (Å²) < 4.78 is 41.1. The van der Waals surface area contributed by atoms with Crippen LogP contribution in [-0.2, 0) is 4.79 Å². The van der Waals surface area contributed by atoms with Gasteiger partial charge in [0.1, 0.15) is 31.2 Å². The average molecular weight is 469 g/mol. The van der Waals surface area contributed by atoms with Crippen molar-refractivity contribution in [3.05, 3.63) is 0 Å². The molecule has 3 unspecified atom stereocenters. The molecule has 4 aliphatic carbocycles. The molecule has 0 aromatic carbocycles. The summed E-state index contributed by atoms with van der Waals surface area (Å²) in [4.78, 5) is 13.3. The molecule has 0 bridgehead atoms. The summed E-state index contributed by atoms with van der Waals surface area (Å²) >= 11 is 0. The van der Waals surface area contributed by atoms with Gasteiger partial charge in [0.2, 0.25) is 0 Å². The highest BCUT2D eigenvalue weighted by Crippen LogP contribution is 2.68. The summed E-state index contributed by atoms with van der Waals surface area (Å²) in [6, 6.07) is 0. The molecule has 4 fully saturated rings. The first-order chi connectivity index (χ1) is 15.7. The van der Waals surface area contributed by atoms with Gasteiger partial charge in [0, 0.05) is 5.92 Å². The second-order valence-electron chi connectivity index (χ2n) is 13.1. The zero-order chi connectivity index (χ0) is 24.0. The Labute approximate surface area is 200 Å². The number of alkyl halides is 3. The zero-order valence-corrected chi connectivity index (χ0v) is 21.5. The summed E-state index contributed by atoms with van der Waals surface area (Å²) in [7, 11) is 0. The van der Waals surface area contributed by atoms with Gasteiger partial charge in [-0.05, 0) is 104 Å². The highest BCUT2D eigenvalue weighted by atomic mass is 19.1. The molecule has 4 heteroatoms. The van der Waals surface area contributed by atoms with Crippen LogP contribution < -0.4 is 0 Å². The van der Waals surface area contributed by atoms with Gasteiger partial charge < -0.3 is 0 Å². The van der Waals surface area contributed by atoms with Crippen LogP contribution >= 0.6 is 0 Å². The molecule has 0 heterocycles. The molecule has 0 spiro atoms. The van der Waals surface area contributed by atoms with E-state index in [2.05, 4.69) is 20.8 Å². The highest BCUT2D eigenvalue weighted by molar-refractivity contribution is 5.87. The predicted octanol–water partition coefficient (Wildman–Crippen LogP) is 8.16. The number of Topliss-reactive ketones (excluding diaryl/α,β-unsaturated/α-hetero) is 1. The normalized spacial score (nSPS) is 42.7. The fourth-order valence-corrected chi connectivity index (χ4v) is 9.97. The summed E-state index contributed by atoms with van der Waals surface area (Å²) in [6.45, 7) is 5.38. The van der Waals surface area contributed by atoms with E-state index >= 15 is 0 Å². The third-order valence-corrected chi connectivity index (χ3v) is 12.0. The van der Waals surface area contributed by atoms with E-state index in [0.717, 1.165) is 24.2 Å². The third-order valence-electron chi connectivity index (χ3n) is 12.0. The van der Waals surface area contributed by atoms with Gasteiger partial charge in [-0.2, -0.15) is 0 Å². The summed E-state index contributed by atoms with van der Waals surface area (Å²) in [5.41, 5.74) is -1.38. The van der Waals surface area contributed by atoms with Crippen LogP contribution in [0.15, 0.2) is 0 Å². The number of ketones is 1. The van der Waals surface area contributed by atoms with E-state index in [1.165, 1.54) is 57.8 Å². The average Bonchev–Trinajstić information content (AvgIpc) is 3.18. The number of carbonyl (C=O) groups is 1. The van der Waals surface area contributed by atoms with Gasteiger partial charge >= 0.3 is 0 Å². The lowest BCUT2D eigenvalue weighted by molar-refractivity contribution is -0.141. The Balaban J connectivity index is 1.55.